The van der Waals surface area contributed by atoms with Crippen LogP contribution >= 0.6 is 11.6 Å². The molecular formula is C18H17ClN4O. The average molecular weight is 341 g/mol. The van der Waals surface area contributed by atoms with Crippen LogP contribution in [-0.2, 0) is 0 Å². The topological polar surface area (TPSA) is 61.9 Å². The standard InChI is InChI=1S/C18H17ClN4O/c1-11-14-9-12(10-20-17(14)22-21-11)18(24)23-8-4-7-16(23)13-5-2-3-6-15(13)19/h2-3,5-6,9-10,16H,4,7-8H2,1H3,(H,20,21,22). The monoisotopic (exact) mass is 340 g/mol. The Labute approximate surface area is 144 Å². The van der Waals surface area contributed by atoms with E-state index in [1.165, 1.54) is 0 Å². The zero-order valence-electron chi connectivity index (χ0n) is 13.3. The quantitative estimate of drug-likeness (QED) is 0.769. The first kappa shape index (κ1) is 15.1. The van der Waals surface area contributed by atoms with E-state index in [4.69, 9.17) is 11.6 Å². The van der Waals surface area contributed by atoms with Crippen molar-refractivity contribution in [2.75, 3.05) is 6.54 Å². The van der Waals surface area contributed by atoms with Crippen LogP contribution in [0.1, 0.15) is 40.5 Å². The third-order valence-electron chi connectivity index (χ3n) is 4.63. The van der Waals surface area contributed by atoms with Gasteiger partial charge in [-0.1, -0.05) is 29.8 Å². The Hall–Kier alpha value is -2.40. The van der Waals surface area contributed by atoms with Crippen molar-refractivity contribution < 1.29 is 4.79 Å². The van der Waals surface area contributed by atoms with E-state index in [1.807, 2.05) is 42.2 Å². The lowest BCUT2D eigenvalue weighted by Gasteiger charge is -2.25. The normalized spacial score (nSPS) is 17.6. The summed E-state index contributed by atoms with van der Waals surface area (Å²) in [4.78, 5) is 19.2. The maximum atomic E-state index is 13.0. The summed E-state index contributed by atoms with van der Waals surface area (Å²) < 4.78 is 0. The number of aryl methyl sites for hydroxylation is 1. The number of aromatic nitrogens is 3. The van der Waals surface area contributed by atoms with Gasteiger partial charge in [0.15, 0.2) is 5.65 Å². The van der Waals surface area contributed by atoms with E-state index < -0.39 is 0 Å². The average Bonchev–Trinajstić information content (AvgIpc) is 3.22. The van der Waals surface area contributed by atoms with Crippen molar-refractivity contribution in [3.8, 4) is 0 Å². The highest BCUT2D eigenvalue weighted by atomic mass is 35.5. The number of carbonyl (C=O) groups is 1. The molecule has 0 aliphatic carbocycles. The molecule has 2 aromatic heterocycles. The third-order valence-corrected chi connectivity index (χ3v) is 4.97. The van der Waals surface area contributed by atoms with Gasteiger partial charge in [0.1, 0.15) is 0 Å². The first-order valence-electron chi connectivity index (χ1n) is 8.01. The number of likely N-dealkylation sites (tertiary alicyclic amines) is 1. The molecule has 122 valence electrons. The van der Waals surface area contributed by atoms with Gasteiger partial charge in [-0.2, -0.15) is 5.10 Å². The summed E-state index contributed by atoms with van der Waals surface area (Å²) in [7, 11) is 0. The van der Waals surface area contributed by atoms with E-state index in [-0.39, 0.29) is 11.9 Å². The molecule has 5 nitrogen and oxygen atoms in total. The molecule has 1 unspecified atom stereocenters. The number of fused-ring (bicyclic) bond motifs is 1. The Kier molecular flexibility index (Phi) is 3.73. The van der Waals surface area contributed by atoms with Crippen molar-refractivity contribution in [1.29, 1.82) is 0 Å². The number of H-pyrrole nitrogens is 1. The maximum Gasteiger partial charge on any atom is 0.255 e. The number of carbonyl (C=O) groups excluding carboxylic acids is 1. The fourth-order valence-corrected chi connectivity index (χ4v) is 3.64. The molecular weight excluding hydrogens is 324 g/mol. The zero-order chi connectivity index (χ0) is 16.7. The maximum absolute atomic E-state index is 13.0. The number of rotatable bonds is 2. The third kappa shape index (κ3) is 2.45. The number of amides is 1. The van der Waals surface area contributed by atoms with Crippen molar-refractivity contribution >= 4 is 28.5 Å². The van der Waals surface area contributed by atoms with E-state index in [9.17, 15) is 4.79 Å². The molecule has 1 aliphatic rings. The lowest BCUT2D eigenvalue weighted by molar-refractivity contribution is 0.0735. The Morgan fingerprint density at radius 3 is 3.04 bits per heavy atom. The minimum Gasteiger partial charge on any atom is -0.332 e. The van der Waals surface area contributed by atoms with Crippen molar-refractivity contribution in [2.45, 2.75) is 25.8 Å². The molecule has 0 saturated carbocycles. The number of nitrogens with zero attached hydrogens (tertiary/aromatic N) is 3. The number of benzene rings is 1. The summed E-state index contributed by atoms with van der Waals surface area (Å²) in [5, 5.41) is 8.60. The Morgan fingerprint density at radius 2 is 2.21 bits per heavy atom. The molecule has 1 aliphatic heterocycles. The molecule has 1 fully saturated rings. The molecule has 1 saturated heterocycles. The largest absolute Gasteiger partial charge is 0.332 e. The Morgan fingerprint density at radius 1 is 1.38 bits per heavy atom. The van der Waals surface area contributed by atoms with Crippen LogP contribution in [0.25, 0.3) is 11.0 Å². The van der Waals surface area contributed by atoms with Crippen LogP contribution in [0.4, 0.5) is 0 Å². The highest BCUT2D eigenvalue weighted by Gasteiger charge is 2.32. The van der Waals surface area contributed by atoms with Gasteiger partial charge in [0.2, 0.25) is 0 Å². The van der Waals surface area contributed by atoms with Crippen molar-refractivity contribution in [1.82, 2.24) is 20.1 Å². The molecule has 0 bridgehead atoms. The van der Waals surface area contributed by atoms with Crippen molar-refractivity contribution in [3.05, 3.63) is 58.4 Å². The molecule has 3 aromatic rings. The lowest BCUT2D eigenvalue weighted by atomic mass is 10.0. The molecule has 3 heterocycles. The van der Waals surface area contributed by atoms with E-state index in [0.717, 1.165) is 36.0 Å². The number of hydrogen-bond donors (Lipinski definition) is 1. The van der Waals surface area contributed by atoms with Crippen LogP contribution in [0.5, 0.6) is 0 Å². The van der Waals surface area contributed by atoms with Gasteiger partial charge in [-0.05, 0) is 37.5 Å². The molecule has 1 atom stereocenters. The Bertz CT molecular complexity index is 920. The smallest absolute Gasteiger partial charge is 0.255 e. The van der Waals surface area contributed by atoms with E-state index in [1.54, 1.807) is 6.20 Å². The van der Waals surface area contributed by atoms with Gasteiger partial charge < -0.3 is 4.90 Å². The van der Waals surface area contributed by atoms with Gasteiger partial charge in [-0.25, -0.2) is 4.98 Å². The molecule has 0 spiro atoms. The molecule has 0 radical (unpaired) electrons. The second-order valence-electron chi connectivity index (χ2n) is 6.12. The number of hydrogen-bond acceptors (Lipinski definition) is 3. The predicted octanol–water partition coefficient (Wildman–Crippen LogP) is 3.90. The van der Waals surface area contributed by atoms with Gasteiger partial charge in [-0.15, -0.1) is 0 Å². The predicted molar refractivity (Wildman–Crippen MR) is 93.1 cm³/mol. The van der Waals surface area contributed by atoms with Crippen LogP contribution in [0.3, 0.4) is 0 Å². The molecule has 1 aromatic carbocycles. The Balaban J connectivity index is 1.69. The van der Waals surface area contributed by atoms with Gasteiger partial charge in [0.25, 0.3) is 5.91 Å². The van der Waals surface area contributed by atoms with Gasteiger partial charge in [-0.3, -0.25) is 9.89 Å². The summed E-state index contributed by atoms with van der Waals surface area (Å²) in [6.07, 6.45) is 3.50. The fourth-order valence-electron chi connectivity index (χ4n) is 3.38. The number of nitrogens with one attached hydrogen (secondary N) is 1. The molecule has 4 rings (SSSR count). The summed E-state index contributed by atoms with van der Waals surface area (Å²) in [6, 6.07) is 9.63. The van der Waals surface area contributed by atoms with Crippen LogP contribution in [0, 0.1) is 6.92 Å². The highest BCUT2D eigenvalue weighted by Crippen LogP contribution is 2.36. The first-order chi connectivity index (χ1) is 11.6. The minimum atomic E-state index is -0.00702. The van der Waals surface area contributed by atoms with E-state index in [2.05, 4.69) is 15.2 Å². The lowest BCUT2D eigenvalue weighted by Crippen LogP contribution is -2.30. The van der Waals surface area contributed by atoms with E-state index >= 15 is 0 Å². The summed E-state index contributed by atoms with van der Waals surface area (Å²) in [5.41, 5.74) is 3.15. The molecule has 1 N–H and O–H groups in total. The molecule has 6 heteroatoms. The summed E-state index contributed by atoms with van der Waals surface area (Å²) in [5.74, 6) is -0.00702. The fraction of sp³-hybridized carbons (Fsp3) is 0.278. The molecule has 24 heavy (non-hydrogen) atoms. The number of halogens is 1. The van der Waals surface area contributed by atoms with Gasteiger partial charge in [0.05, 0.1) is 11.6 Å². The van der Waals surface area contributed by atoms with Crippen molar-refractivity contribution in [2.24, 2.45) is 0 Å². The summed E-state index contributed by atoms with van der Waals surface area (Å²) >= 11 is 6.34. The minimum absolute atomic E-state index is 0.00702. The van der Waals surface area contributed by atoms with Crippen LogP contribution in [-0.4, -0.2) is 32.5 Å². The molecule has 1 amide bonds. The number of pyridine rings is 1. The van der Waals surface area contributed by atoms with Gasteiger partial charge >= 0.3 is 0 Å². The zero-order valence-corrected chi connectivity index (χ0v) is 14.0. The second kappa shape index (κ2) is 5.91. The van der Waals surface area contributed by atoms with Gasteiger partial charge in [0, 0.05) is 28.8 Å². The number of aromatic amines is 1. The van der Waals surface area contributed by atoms with Crippen molar-refractivity contribution in [3.63, 3.8) is 0 Å². The highest BCUT2D eigenvalue weighted by molar-refractivity contribution is 6.31. The summed E-state index contributed by atoms with van der Waals surface area (Å²) in [6.45, 7) is 2.66. The van der Waals surface area contributed by atoms with Crippen LogP contribution in [0.15, 0.2) is 36.5 Å². The van der Waals surface area contributed by atoms with Crippen LogP contribution < -0.4 is 0 Å². The van der Waals surface area contributed by atoms with Crippen LogP contribution in [0.2, 0.25) is 5.02 Å². The SMILES string of the molecule is Cc1[nH]nc2ncc(C(=O)N3CCCC3c3ccccc3Cl)cc12. The van der Waals surface area contributed by atoms with E-state index in [0.29, 0.717) is 16.2 Å². The first-order valence-corrected chi connectivity index (χ1v) is 8.39. The second-order valence-corrected chi connectivity index (χ2v) is 6.53.